The molecule has 0 saturated heterocycles. The van der Waals surface area contributed by atoms with Gasteiger partial charge in [-0.2, -0.15) is 0 Å². The van der Waals surface area contributed by atoms with Crippen LogP contribution in [0.25, 0.3) is 0 Å². The third-order valence-electron chi connectivity index (χ3n) is 1.47. The van der Waals surface area contributed by atoms with Crippen LogP contribution < -0.4 is 5.32 Å². The second-order valence-corrected chi connectivity index (χ2v) is 2.37. The smallest absolute Gasteiger partial charge is 0.116 e. The van der Waals surface area contributed by atoms with Gasteiger partial charge in [-0.25, -0.2) is 0 Å². The number of nitrogens with one attached hydrogen (secondary N) is 1. The summed E-state index contributed by atoms with van der Waals surface area (Å²) in [6, 6.07) is -0.216. The van der Waals surface area contributed by atoms with E-state index < -0.39 is 6.10 Å². The highest BCUT2D eigenvalue weighted by atomic mass is 16.5. The molecule has 0 amide bonds. The van der Waals surface area contributed by atoms with Crippen molar-refractivity contribution in [2.45, 2.75) is 12.1 Å². The second-order valence-electron chi connectivity index (χ2n) is 2.37. The van der Waals surface area contributed by atoms with Gasteiger partial charge in [-0.1, -0.05) is 6.58 Å². The minimum Gasteiger partial charge on any atom is -0.499 e. The summed E-state index contributed by atoms with van der Waals surface area (Å²) in [7, 11) is 0. The van der Waals surface area contributed by atoms with E-state index in [0.29, 0.717) is 6.61 Å². The van der Waals surface area contributed by atoms with Gasteiger partial charge in [0.15, 0.2) is 0 Å². The molecule has 1 heterocycles. The molecule has 2 N–H and O–H groups in total. The van der Waals surface area contributed by atoms with E-state index in [1.54, 1.807) is 12.3 Å². The number of rotatable bonds is 3. The molecule has 1 aliphatic rings. The fourth-order valence-corrected chi connectivity index (χ4v) is 0.848. The van der Waals surface area contributed by atoms with E-state index in [0.717, 1.165) is 0 Å². The Hall–Kier alpha value is -1.29. The topological polar surface area (TPSA) is 53.9 Å². The Morgan fingerprint density at radius 3 is 3.25 bits per heavy atom. The SMILES string of the molecule is C=CNC=NC1C=COC[C@@H]1O. The Kier molecular flexibility index (Phi) is 3.35. The van der Waals surface area contributed by atoms with Gasteiger partial charge in [0.05, 0.1) is 12.6 Å². The summed E-state index contributed by atoms with van der Waals surface area (Å²) in [6.07, 6.45) is 5.70. The summed E-state index contributed by atoms with van der Waals surface area (Å²) in [5.41, 5.74) is 0. The lowest BCUT2D eigenvalue weighted by molar-refractivity contribution is 0.0617. The number of hydrogen-bond acceptors (Lipinski definition) is 3. The number of nitrogens with zero attached hydrogens (tertiary/aromatic N) is 1. The molecule has 0 bridgehead atoms. The summed E-state index contributed by atoms with van der Waals surface area (Å²) in [6.45, 7) is 3.75. The van der Waals surface area contributed by atoms with Crippen LogP contribution in [-0.4, -0.2) is 30.2 Å². The zero-order chi connectivity index (χ0) is 8.81. The van der Waals surface area contributed by atoms with E-state index in [2.05, 4.69) is 16.9 Å². The first-order valence-electron chi connectivity index (χ1n) is 3.69. The van der Waals surface area contributed by atoms with Crippen molar-refractivity contribution in [2.75, 3.05) is 6.61 Å². The summed E-state index contributed by atoms with van der Waals surface area (Å²) in [5, 5.41) is 12.0. The largest absolute Gasteiger partial charge is 0.499 e. The second kappa shape index (κ2) is 4.56. The molecule has 1 unspecified atom stereocenters. The molecule has 4 heteroatoms. The first kappa shape index (κ1) is 8.80. The number of ether oxygens (including phenoxy) is 1. The normalized spacial score (nSPS) is 28.4. The first-order chi connectivity index (χ1) is 5.84. The molecule has 0 spiro atoms. The quantitative estimate of drug-likeness (QED) is 0.461. The maximum atomic E-state index is 9.32. The van der Waals surface area contributed by atoms with Crippen LogP contribution in [0.15, 0.2) is 30.1 Å². The minimum absolute atomic E-state index is 0.216. The van der Waals surface area contributed by atoms with Crippen molar-refractivity contribution < 1.29 is 9.84 Å². The van der Waals surface area contributed by atoms with Gasteiger partial charge in [-0.05, 0) is 12.3 Å². The molecular formula is C8H12N2O2. The van der Waals surface area contributed by atoms with Gasteiger partial charge in [0.1, 0.15) is 18.8 Å². The van der Waals surface area contributed by atoms with Gasteiger partial charge in [0.25, 0.3) is 0 Å². The van der Waals surface area contributed by atoms with Crippen molar-refractivity contribution in [3.05, 3.63) is 25.1 Å². The molecular weight excluding hydrogens is 156 g/mol. The molecule has 1 rings (SSSR count). The molecule has 0 aromatic carbocycles. The Morgan fingerprint density at radius 1 is 1.75 bits per heavy atom. The molecule has 0 aromatic heterocycles. The summed E-state index contributed by atoms with van der Waals surface area (Å²) >= 11 is 0. The third kappa shape index (κ3) is 2.39. The molecule has 0 aromatic rings. The standard InChI is InChI=1S/C8H12N2O2/c1-2-9-6-10-7-3-4-12-5-8(7)11/h2-4,6-8,11H,1,5H2,(H,9,10)/t7?,8-/m0/s1. The highest BCUT2D eigenvalue weighted by Crippen LogP contribution is 2.06. The average Bonchev–Trinajstić information content (AvgIpc) is 2.09. The Bertz CT molecular complexity index is 201. The van der Waals surface area contributed by atoms with Crippen LogP contribution in [0.1, 0.15) is 0 Å². The van der Waals surface area contributed by atoms with Crippen LogP contribution in [0.4, 0.5) is 0 Å². The van der Waals surface area contributed by atoms with E-state index in [1.807, 2.05) is 0 Å². The van der Waals surface area contributed by atoms with E-state index >= 15 is 0 Å². The Labute approximate surface area is 71.3 Å². The molecule has 66 valence electrons. The third-order valence-corrected chi connectivity index (χ3v) is 1.47. The molecule has 0 fully saturated rings. The summed E-state index contributed by atoms with van der Waals surface area (Å²) in [5.74, 6) is 0. The Balaban J connectivity index is 2.43. The van der Waals surface area contributed by atoms with E-state index in [9.17, 15) is 5.11 Å². The van der Waals surface area contributed by atoms with Crippen molar-refractivity contribution in [1.29, 1.82) is 0 Å². The van der Waals surface area contributed by atoms with Crippen LogP contribution >= 0.6 is 0 Å². The summed E-state index contributed by atoms with van der Waals surface area (Å²) in [4.78, 5) is 4.03. The Morgan fingerprint density at radius 2 is 2.58 bits per heavy atom. The predicted molar refractivity (Wildman–Crippen MR) is 46.7 cm³/mol. The molecule has 0 saturated carbocycles. The zero-order valence-electron chi connectivity index (χ0n) is 6.68. The van der Waals surface area contributed by atoms with Gasteiger partial charge < -0.3 is 15.2 Å². The van der Waals surface area contributed by atoms with Crippen molar-refractivity contribution in [3.63, 3.8) is 0 Å². The first-order valence-corrected chi connectivity index (χ1v) is 3.69. The number of aliphatic hydroxyl groups is 1. The summed E-state index contributed by atoms with van der Waals surface area (Å²) < 4.78 is 4.87. The van der Waals surface area contributed by atoms with Crippen molar-refractivity contribution in [3.8, 4) is 0 Å². The van der Waals surface area contributed by atoms with Crippen LogP contribution in [-0.2, 0) is 4.74 Å². The van der Waals surface area contributed by atoms with E-state index in [-0.39, 0.29) is 6.04 Å². The fourth-order valence-electron chi connectivity index (χ4n) is 0.848. The van der Waals surface area contributed by atoms with Gasteiger partial charge >= 0.3 is 0 Å². The maximum absolute atomic E-state index is 9.32. The van der Waals surface area contributed by atoms with Crippen LogP contribution in [0, 0.1) is 0 Å². The molecule has 0 aliphatic carbocycles. The zero-order valence-corrected chi connectivity index (χ0v) is 6.68. The predicted octanol–water partition coefficient (Wildman–Crippen LogP) is 0.0212. The number of aliphatic hydroxyl groups excluding tert-OH is 1. The lowest BCUT2D eigenvalue weighted by atomic mass is 10.1. The van der Waals surface area contributed by atoms with Crippen LogP contribution in [0.3, 0.4) is 0 Å². The average molecular weight is 168 g/mol. The van der Waals surface area contributed by atoms with E-state index in [4.69, 9.17) is 4.74 Å². The van der Waals surface area contributed by atoms with Gasteiger partial charge in [0, 0.05) is 0 Å². The van der Waals surface area contributed by atoms with Crippen molar-refractivity contribution >= 4 is 6.34 Å². The lowest BCUT2D eigenvalue weighted by Gasteiger charge is -2.19. The molecule has 0 radical (unpaired) electrons. The van der Waals surface area contributed by atoms with Crippen LogP contribution in [0.5, 0.6) is 0 Å². The molecule has 1 aliphatic heterocycles. The molecule has 2 atom stereocenters. The molecule has 4 nitrogen and oxygen atoms in total. The van der Waals surface area contributed by atoms with Crippen molar-refractivity contribution in [1.82, 2.24) is 5.32 Å². The highest BCUT2D eigenvalue weighted by molar-refractivity contribution is 5.56. The monoisotopic (exact) mass is 168 g/mol. The lowest BCUT2D eigenvalue weighted by Crippen LogP contribution is -2.30. The maximum Gasteiger partial charge on any atom is 0.116 e. The number of aliphatic imine (C=N–C) groups is 1. The van der Waals surface area contributed by atoms with Crippen LogP contribution in [0.2, 0.25) is 0 Å². The highest BCUT2D eigenvalue weighted by Gasteiger charge is 2.18. The minimum atomic E-state index is -0.558. The van der Waals surface area contributed by atoms with Gasteiger partial charge in [-0.3, -0.25) is 4.99 Å². The van der Waals surface area contributed by atoms with E-state index in [1.165, 1.54) is 12.5 Å². The fraction of sp³-hybridized carbons (Fsp3) is 0.375. The van der Waals surface area contributed by atoms with Gasteiger partial charge in [-0.15, -0.1) is 0 Å². The number of hydrogen-bond donors (Lipinski definition) is 2. The van der Waals surface area contributed by atoms with Gasteiger partial charge in [0.2, 0.25) is 0 Å². The molecule has 12 heavy (non-hydrogen) atoms. The van der Waals surface area contributed by atoms with Crippen molar-refractivity contribution in [2.24, 2.45) is 4.99 Å².